The van der Waals surface area contributed by atoms with Crippen molar-refractivity contribution in [1.29, 1.82) is 0 Å². The molecule has 1 aromatic carbocycles. The van der Waals surface area contributed by atoms with Gasteiger partial charge in [0, 0.05) is 36.8 Å². The summed E-state index contributed by atoms with van der Waals surface area (Å²) in [6.07, 6.45) is 4.86. The lowest BCUT2D eigenvalue weighted by atomic mass is 9.78. The van der Waals surface area contributed by atoms with Crippen LogP contribution >= 0.6 is 22.9 Å². The van der Waals surface area contributed by atoms with E-state index in [0.29, 0.717) is 21.9 Å². The number of rotatable bonds is 6. The van der Waals surface area contributed by atoms with Crippen LogP contribution in [0.15, 0.2) is 42.7 Å². The molecule has 2 aromatic heterocycles. The van der Waals surface area contributed by atoms with E-state index in [1.807, 2.05) is 12.1 Å². The van der Waals surface area contributed by atoms with Crippen LogP contribution in [0.2, 0.25) is 5.02 Å². The van der Waals surface area contributed by atoms with Crippen LogP contribution in [0.3, 0.4) is 0 Å². The maximum atomic E-state index is 13.4. The molecule has 0 aliphatic carbocycles. The molecule has 0 bridgehead atoms. The van der Waals surface area contributed by atoms with Crippen molar-refractivity contribution >= 4 is 55.6 Å². The lowest BCUT2D eigenvalue weighted by molar-refractivity contribution is -0.186. The fraction of sp³-hybridized carbons (Fsp3) is 0.286. The smallest absolute Gasteiger partial charge is 0.248 e. The van der Waals surface area contributed by atoms with Crippen molar-refractivity contribution < 1.29 is 13.9 Å². The summed E-state index contributed by atoms with van der Waals surface area (Å²) in [6.45, 7) is 4.52. The van der Waals surface area contributed by atoms with Crippen LogP contribution in [0.1, 0.15) is 0 Å². The lowest BCUT2D eigenvalue weighted by Gasteiger charge is -2.54. The number of hydrogen-bond donors (Lipinski definition) is 2. The lowest BCUT2D eigenvalue weighted by Crippen LogP contribution is -2.65. The molecule has 1 spiro atoms. The van der Waals surface area contributed by atoms with Crippen LogP contribution in [-0.4, -0.2) is 53.6 Å². The van der Waals surface area contributed by atoms with Gasteiger partial charge in [0.15, 0.2) is 0 Å². The summed E-state index contributed by atoms with van der Waals surface area (Å²) in [5.74, 6) is -0.132. The Labute approximate surface area is 186 Å². The highest BCUT2D eigenvalue weighted by molar-refractivity contribution is 7.22. The van der Waals surface area contributed by atoms with Gasteiger partial charge >= 0.3 is 0 Å². The van der Waals surface area contributed by atoms with E-state index >= 15 is 0 Å². The monoisotopic (exact) mass is 459 g/mol. The second-order valence-electron chi connectivity index (χ2n) is 7.86. The second-order valence-corrected chi connectivity index (χ2v) is 9.30. The van der Waals surface area contributed by atoms with E-state index in [2.05, 4.69) is 25.5 Å². The number of benzene rings is 1. The summed E-state index contributed by atoms with van der Waals surface area (Å²) in [7, 11) is 0. The predicted molar refractivity (Wildman–Crippen MR) is 120 cm³/mol. The third-order valence-corrected chi connectivity index (χ3v) is 6.57. The Balaban J connectivity index is 1.22. The maximum Gasteiger partial charge on any atom is 0.248 e. The number of nitrogens with one attached hydrogen (secondary N) is 2. The zero-order chi connectivity index (χ0) is 21.4. The Morgan fingerprint density at radius 1 is 1.32 bits per heavy atom. The zero-order valence-electron chi connectivity index (χ0n) is 16.4. The number of amides is 1. The average molecular weight is 460 g/mol. The molecule has 160 valence electrons. The Hall–Kier alpha value is -2.59. The number of ether oxygens (including phenoxy) is 1. The van der Waals surface area contributed by atoms with Crippen molar-refractivity contribution in [3.63, 3.8) is 0 Å². The van der Waals surface area contributed by atoms with Gasteiger partial charge in [-0.2, -0.15) is 0 Å². The third-order valence-electron chi connectivity index (χ3n) is 5.33. The number of likely N-dealkylation sites (tertiary alicyclic amines) is 1. The summed E-state index contributed by atoms with van der Waals surface area (Å²) in [6, 6.07) is 6.17. The number of halogens is 2. The second kappa shape index (κ2) is 8.16. The van der Waals surface area contributed by atoms with E-state index < -0.39 is 5.82 Å². The molecule has 0 radical (unpaired) electrons. The predicted octanol–water partition coefficient (Wildman–Crippen LogP) is 4.05. The minimum atomic E-state index is -0.487. The third kappa shape index (κ3) is 4.27. The molecule has 0 atom stereocenters. The number of carbonyl (C=O) groups excluding carboxylic acids is 1. The maximum absolute atomic E-state index is 13.4. The summed E-state index contributed by atoms with van der Waals surface area (Å²) in [5, 5.41) is 7.44. The highest BCUT2D eigenvalue weighted by Gasteiger charge is 2.48. The molecule has 5 rings (SSSR count). The van der Waals surface area contributed by atoms with Crippen molar-refractivity contribution in [3.05, 3.63) is 53.6 Å². The molecule has 0 saturated carbocycles. The van der Waals surface area contributed by atoms with E-state index in [1.54, 1.807) is 12.1 Å². The first kappa shape index (κ1) is 20.3. The van der Waals surface area contributed by atoms with Gasteiger partial charge < -0.3 is 15.4 Å². The van der Waals surface area contributed by atoms with Crippen LogP contribution < -0.4 is 10.6 Å². The number of carbonyl (C=O) groups is 1. The molecule has 1 amide bonds. The number of thiophene rings is 1. The van der Waals surface area contributed by atoms with Crippen LogP contribution in [0.4, 0.5) is 20.9 Å². The van der Waals surface area contributed by atoms with E-state index in [4.69, 9.17) is 16.3 Å². The van der Waals surface area contributed by atoms with Crippen LogP contribution in [-0.2, 0) is 9.53 Å². The first-order valence-electron chi connectivity index (χ1n) is 9.74. The number of anilines is 3. The molecule has 31 heavy (non-hydrogen) atoms. The topological polar surface area (TPSA) is 79.4 Å². The van der Waals surface area contributed by atoms with Gasteiger partial charge in [0.05, 0.1) is 28.6 Å². The molecule has 2 saturated heterocycles. The van der Waals surface area contributed by atoms with Gasteiger partial charge in [-0.3, -0.25) is 9.69 Å². The first-order valence-corrected chi connectivity index (χ1v) is 10.9. The molecule has 2 N–H and O–H groups in total. The van der Waals surface area contributed by atoms with Crippen molar-refractivity contribution in [2.75, 3.05) is 43.5 Å². The SMILES string of the molecule is O=C(/C=C/CN1CC2(COC2)C1)Nc1cc2c(Nc3ccc(F)c(Cl)c3)ncnc2s1. The van der Waals surface area contributed by atoms with Gasteiger partial charge in [-0.15, -0.1) is 0 Å². The Kier molecular flexibility index (Phi) is 5.35. The van der Waals surface area contributed by atoms with Crippen LogP contribution in [0.5, 0.6) is 0 Å². The van der Waals surface area contributed by atoms with Crippen molar-refractivity contribution in [2.24, 2.45) is 5.41 Å². The Bertz CT molecular complexity index is 1170. The quantitative estimate of drug-likeness (QED) is 0.541. The van der Waals surface area contributed by atoms with E-state index in [9.17, 15) is 9.18 Å². The number of aromatic nitrogens is 2. The molecule has 10 heteroatoms. The van der Waals surface area contributed by atoms with Gasteiger partial charge in [0.25, 0.3) is 0 Å². The summed E-state index contributed by atoms with van der Waals surface area (Å²) >= 11 is 7.20. The fourth-order valence-electron chi connectivity index (χ4n) is 3.80. The highest BCUT2D eigenvalue weighted by Crippen LogP contribution is 2.37. The molecule has 3 aromatic rings. The van der Waals surface area contributed by atoms with Gasteiger partial charge in [-0.05, 0) is 24.3 Å². The summed E-state index contributed by atoms with van der Waals surface area (Å²) in [5.41, 5.74) is 0.978. The van der Waals surface area contributed by atoms with Gasteiger partial charge in [0.2, 0.25) is 5.91 Å². The normalized spacial score (nSPS) is 17.6. The number of hydrogen-bond acceptors (Lipinski definition) is 7. The van der Waals surface area contributed by atoms with E-state index in [-0.39, 0.29) is 10.9 Å². The number of fused-ring (bicyclic) bond motifs is 1. The zero-order valence-corrected chi connectivity index (χ0v) is 18.0. The van der Waals surface area contributed by atoms with Crippen molar-refractivity contribution in [3.8, 4) is 0 Å². The highest BCUT2D eigenvalue weighted by atomic mass is 35.5. The minimum Gasteiger partial charge on any atom is -0.380 e. The molecular formula is C21H19ClFN5O2S. The largest absolute Gasteiger partial charge is 0.380 e. The standard InChI is InChI=1S/C21H19ClFN5O2S/c22-15-6-13(3-4-16(15)23)26-19-14-7-18(31-20(14)25-12-24-19)27-17(29)2-1-5-28-8-21(9-28)10-30-11-21/h1-4,6-7,12H,5,8-11H2,(H,27,29)(H,24,25,26)/b2-1+. The first-order chi connectivity index (χ1) is 15.0. The Morgan fingerprint density at radius 3 is 2.90 bits per heavy atom. The van der Waals surface area contributed by atoms with Crippen LogP contribution in [0, 0.1) is 11.2 Å². The van der Waals surface area contributed by atoms with Gasteiger partial charge in [0.1, 0.15) is 22.8 Å². The Morgan fingerprint density at radius 2 is 2.16 bits per heavy atom. The van der Waals surface area contributed by atoms with Crippen molar-refractivity contribution in [1.82, 2.24) is 14.9 Å². The summed E-state index contributed by atoms with van der Waals surface area (Å²) < 4.78 is 18.7. The molecule has 2 fully saturated rings. The minimum absolute atomic E-state index is 0.0229. The van der Waals surface area contributed by atoms with Gasteiger partial charge in [-0.1, -0.05) is 29.0 Å². The van der Waals surface area contributed by atoms with E-state index in [0.717, 1.165) is 43.1 Å². The van der Waals surface area contributed by atoms with Crippen molar-refractivity contribution in [2.45, 2.75) is 0 Å². The number of nitrogens with zero attached hydrogens (tertiary/aromatic N) is 3. The van der Waals surface area contributed by atoms with Gasteiger partial charge in [-0.25, -0.2) is 14.4 Å². The fourth-order valence-corrected chi connectivity index (χ4v) is 4.89. The molecule has 4 heterocycles. The molecular weight excluding hydrogens is 441 g/mol. The summed E-state index contributed by atoms with van der Waals surface area (Å²) in [4.78, 5) is 23.8. The average Bonchev–Trinajstić information content (AvgIpc) is 3.08. The van der Waals surface area contributed by atoms with Crippen LogP contribution in [0.25, 0.3) is 10.2 Å². The molecule has 7 nitrogen and oxygen atoms in total. The molecule has 2 aliphatic rings. The molecule has 2 aliphatic heterocycles. The molecule has 0 unspecified atom stereocenters. The van der Waals surface area contributed by atoms with E-state index in [1.165, 1.54) is 29.8 Å².